The Morgan fingerprint density at radius 1 is 1.56 bits per heavy atom. The van der Waals surface area contributed by atoms with E-state index in [1.165, 1.54) is 0 Å². The lowest BCUT2D eigenvalue weighted by atomic mass is 10.1. The molecule has 0 aliphatic heterocycles. The van der Waals surface area contributed by atoms with Crippen LogP contribution in [0.25, 0.3) is 0 Å². The normalized spacial score (nSPS) is 12.8. The zero-order chi connectivity index (χ0) is 12.3. The maximum atomic E-state index is 10.8. The van der Waals surface area contributed by atoms with Crippen LogP contribution in [0.2, 0.25) is 5.02 Å². The molecule has 1 aromatic carbocycles. The molecule has 1 atom stereocenters. The van der Waals surface area contributed by atoms with Gasteiger partial charge < -0.3 is 5.11 Å². The van der Waals surface area contributed by atoms with Gasteiger partial charge in [-0.25, -0.2) is 0 Å². The van der Waals surface area contributed by atoms with Crippen molar-refractivity contribution in [3.05, 3.63) is 34.3 Å². The third-order valence-electron chi connectivity index (χ3n) is 2.69. The second-order valence-electron chi connectivity index (χ2n) is 4.01. The average Bonchev–Trinajstić information content (AvgIpc) is 2.22. The first-order valence-electron chi connectivity index (χ1n) is 5.10. The van der Waals surface area contributed by atoms with E-state index in [1.54, 1.807) is 18.9 Å². The van der Waals surface area contributed by atoms with Crippen molar-refractivity contribution in [2.75, 3.05) is 7.05 Å². The van der Waals surface area contributed by atoms with Gasteiger partial charge in [-0.15, -0.1) is 0 Å². The highest BCUT2D eigenvalue weighted by Gasteiger charge is 2.16. The average molecular weight is 242 g/mol. The van der Waals surface area contributed by atoms with E-state index in [9.17, 15) is 4.79 Å². The minimum atomic E-state index is -0.819. The number of aryl methyl sites for hydroxylation is 1. The molecule has 0 bridgehead atoms. The van der Waals surface area contributed by atoms with Crippen LogP contribution in [0.15, 0.2) is 18.2 Å². The highest BCUT2D eigenvalue weighted by molar-refractivity contribution is 6.31. The van der Waals surface area contributed by atoms with Crippen LogP contribution >= 0.6 is 11.6 Å². The van der Waals surface area contributed by atoms with Gasteiger partial charge in [0.1, 0.15) is 6.04 Å². The molecule has 1 aromatic rings. The highest BCUT2D eigenvalue weighted by atomic mass is 35.5. The van der Waals surface area contributed by atoms with Crippen molar-refractivity contribution in [1.82, 2.24) is 4.90 Å². The number of likely N-dealkylation sites (N-methyl/N-ethyl adjacent to an activating group) is 1. The number of rotatable bonds is 4. The van der Waals surface area contributed by atoms with E-state index in [0.29, 0.717) is 11.6 Å². The van der Waals surface area contributed by atoms with Crippen LogP contribution in [0.1, 0.15) is 18.1 Å². The summed E-state index contributed by atoms with van der Waals surface area (Å²) in [6, 6.07) is 5.28. The number of carboxylic acids is 1. The Kier molecular flexibility index (Phi) is 4.33. The number of benzene rings is 1. The first-order valence-corrected chi connectivity index (χ1v) is 5.47. The molecule has 0 fully saturated rings. The number of halogens is 1. The van der Waals surface area contributed by atoms with Gasteiger partial charge in [-0.2, -0.15) is 0 Å². The fraction of sp³-hybridized carbons (Fsp3) is 0.417. The molecule has 1 rings (SSSR count). The Labute approximate surface area is 101 Å². The minimum Gasteiger partial charge on any atom is -0.480 e. The Balaban J connectivity index is 2.73. The Bertz CT molecular complexity index is 393. The zero-order valence-corrected chi connectivity index (χ0v) is 10.5. The molecule has 3 nitrogen and oxygen atoms in total. The van der Waals surface area contributed by atoms with Gasteiger partial charge in [-0.05, 0) is 38.1 Å². The van der Waals surface area contributed by atoms with Crippen molar-refractivity contribution in [3.8, 4) is 0 Å². The van der Waals surface area contributed by atoms with Crippen LogP contribution in [0.3, 0.4) is 0 Å². The monoisotopic (exact) mass is 241 g/mol. The van der Waals surface area contributed by atoms with Crippen LogP contribution in [0, 0.1) is 6.92 Å². The van der Waals surface area contributed by atoms with E-state index in [4.69, 9.17) is 16.7 Å². The summed E-state index contributed by atoms with van der Waals surface area (Å²) >= 11 is 6.00. The van der Waals surface area contributed by atoms with Crippen molar-refractivity contribution in [2.24, 2.45) is 0 Å². The molecule has 0 aliphatic rings. The summed E-state index contributed by atoms with van der Waals surface area (Å²) in [6.07, 6.45) is 0. The molecule has 16 heavy (non-hydrogen) atoms. The number of nitrogens with zero attached hydrogens (tertiary/aromatic N) is 1. The predicted molar refractivity (Wildman–Crippen MR) is 64.8 cm³/mol. The number of hydrogen-bond acceptors (Lipinski definition) is 2. The molecule has 0 radical (unpaired) electrons. The SMILES string of the molecule is Cc1ccc(CN(C)C(C)C(=O)O)cc1Cl. The number of carbonyl (C=O) groups is 1. The molecule has 1 unspecified atom stereocenters. The molecule has 1 N–H and O–H groups in total. The second kappa shape index (κ2) is 5.32. The molecular weight excluding hydrogens is 226 g/mol. The second-order valence-corrected chi connectivity index (χ2v) is 4.42. The van der Waals surface area contributed by atoms with E-state index in [0.717, 1.165) is 11.1 Å². The Hall–Kier alpha value is -1.06. The maximum Gasteiger partial charge on any atom is 0.320 e. The van der Waals surface area contributed by atoms with E-state index in [2.05, 4.69) is 0 Å². The van der Waals surface area contributed by atoms with Crippen molar-refractivity contribution in [3.63, 3.8) is 0 Å². The molecule has 88 valence electrons. The number of carboxylic acid groups (broad SMARTS) is 1. The molecular formula is C12H16ClNO2. The smallest absolute Gasteiger partial charge is 0.320 e. The first kappa shape index (κ1) is 13.0. The quantitative estimate of drug-likeness (QED) is 0.881. The topological polar surface area (TPSA) is 40.5 Å². The summed E-state index contributed by atoms with van der Waals surface area (Å²) in [5.41, 5.74) is 2.05. The lowest BCUT2D eigenvalue weighted by Crippen LogP contribution is -2.35. The molecule has 0 aliphatic carbocycles. The standard InChI is InChI=1S/C12H16ClNO2/c1-8-4-5-10(6-11(8)13)7-14(3)9(2)12(15)16/h4-6,9H,7H2,1-3H3,(H,15,16). The van der Waals surface area contributed by atoms with Crippen molar-refractivity contribution < 1.29 is 9.90 Å². The third-order valence-corrected chi connectivity index (χ3v) is 3.09. The number of hydrogen-bond donors (Lipinski definition) is 1. The van der Waals surface area contributed by atoms with Crippen molar-refractivity contribution in [2.45, 2.75) is 26.4 Å². The highest BCUT2D eigenvalue weighted by Crippen LogP contribution is 2.18. The van der Waals surface area contributed by atoms with Gasteiger partial charge in [-0.1, -0.05) is 23.7 Å². The summed E-state index contributed by atoms with van der Waals surface area (Å²) in [5.74, 6) is -0.819. The van der Waals surface area contributed by atoms with E-state index < -0.39 is 12.0 Å². The summed E-state index contributed by atoms with van der Waals surface area (Å²) < 4.78 is 0. The number of aliphatic carboxylic acids is 1. The minimum absolute atomic E-state index is 0.500. The van der Waals surface area contributed by atoms with Crippen LogP contribution in [0.4, 0.5) is 0 Å². The summed E-state index contributed by atoms with van der Waals surface area (Å²) in [5, 5.41) is 9.58. The van der Waals surface area contributed by atoms with Gasteiger partial charge in [0.05, 0.1) is 0 Å². The van der Waals surface area contributed by atoms with Crippen molar-refractivity contribution in [1.29, 1.82) is 0 Å². The maximum absolute atomic E-state index is 10.8. The molecule has 0 saturated carbocycles. The first-order chi connectivity index (χ1) is 7.41. The fourth-order valence-electron chi connectivity index (χ4n) is 1.35. The van der Waals surface area contributed by atoms with Gasteiger partial charge in [0.15, 0.2) is 0 Å². The molecule has 0 spiro atoms. The largest absolute Gasteiger partial charge is 0.480 e. The lowest BCUT2D eigenvalue weighted by Gasteiger charge is -2.21. The van der Waals surface area contributed by atoms with E-state index >= 15 is 0 Å². The van der Waals surface area contributed by atoms with Gasteiger partial charge >= 0.3 is 5.97 Å². The van der Waals surface area contributed by atoms with E-state index in [1.807, 2.05) is 25.1 Å². The van der Waals surface area contributed by atoms with Gasteiger partial charge in [0.2, 0.25) is 0 Å². The summed E-state index contributed by atoms with van der Waals surface area (Å²) in [7, 11) is 1.78. The van der Waals surface area contributed by atoms with Crippen LogP contribution in [-0.2, 0) is 11.3 Å². The van der Waals surface area contributed by atoms with Gasteiger partial charge in [0, 0.05) is 11.6 Å². The van der Waals surface area contributed by atoms with Crippen LogP contribution in [-0.4, -0.2) is 29.1 Å². The molecule has 0 amide bonds. The third kappa shape index (κ3) is 3.22. The lowest BCUT2D eigenvalue weighted by molar-refractivity contribution is -0.142. The zero-order valence-electron chi connectivity index (χ0n) is 9.70. The Morgan fingerprint density at radius 3 is 2.69 bits per heavy atom. The Morgan fingerprint density at radius 2 is 2.19 bits per heavy atom. The van der Waals surface area contributed by atoms with Crippen LogP contribution < -0.4 is 0 Å². The summed E-state index contributed by atoms with van der Waals surface area (Å²) in [6.45, 7) is 4.18. The molecule has 0 aromatic heterocycles. The molecule has 0 saturated heterocycles. The van der Waals surface area contributed by atoms with E-state index in [-0.39, 0.29) is 0 Å². The van der Waals surface area contributed by atoms with Crippen molar-refractivity contribution >= 4 is 17.6 Å². The van der Waals surface area contributed by atoms with Crippen LogP contribution in [0.5, 0.6) is 0 Å². The predicted octanol–water partition coefficient (Wildman–Crippen LogP) is 2.55. The fourth-order valence-corrected chi connectivity index (χ4v) is 1.55. The molecule has 0 heterocycles. The van der Waals surface area contributed by atoms with Gasteiger partial charge in [0.25, 0.3) is 0 Å². The molecule has 4 heteroatoms. The summed E-state index contributed by atoms with van der Waals surface area (Å²) in [4.78, 5) is 12.6. The van der Waals surface area contributed by atoms with Gasteiger partial charge in [-0.3, -0.25) is 9.69 Å².